The molecule has 0 heterocycles. The molecule has 0 saturated heterocycles. The first kappa shape index (κ1) is 13.7. The number of ketones is 2. The van der Waals surface area contributed by atoms with Gasteiger partial charge in [-0.3, -0.25) is 9.59 Å². The average Bonchev–Trinajstić information content (AvgIpc) is 2.22. The van der Waals surface area contributed by atoms with E-state index in [2.05, 4.69) is 0 Å². The first-order valence-electron chi connectivity index (χ1n) is 4.16. The molecule has 0 aromatic heterocycles. The molecule has 0 aliphatic carbocycles. The lowest BCUT2D eigenvalue weighted by atomic mass is 10.0. The second-order valence-corrected chi connectivity index (χ2v) is 2.90. The third-order valence-electron chi connectivity index (χ3n) is 1.76. The monoisotopic (exact) mass is 220 g/mol. The van der Waals surface area contributed by atoms with Crippen molar-refractivity contribution in [1.82, 2.24) is 0 Å². The molecule has 0 rings (SSSR count). The maximum Gasteiger partial charge on any atom is 0.372 e. The van der Waals surface area contributed by atoms with E-state index in [1.807, 2.05) is 0 Å². The third-order valence-corrected chi connectivity index (χ3v) is 1.76. The molecule has 15 heavy (non-hydrogen) atoms. The smallest absolute Gasteiger partial charge is 0.372 e. The fourth-order valence-corrected chi connectivity index (χ4v) is 0.852. The van der Waals surface area contributed by atoms with Gasteiger partial charge in [-0.05, 0) is 6.42 Å². The van der Waals surface area contributed by atoms with Gasteiger partial charge in [-0.2, -0.15) is 0 Å². The summed E-state index contributed by atoms with van der Waals surface area (Å²) in [6, 6.07) is 0. The quantitative estimate of drug-likeness (QED) is 0.355. The Kier molecular flexibility index (Phi) is 5.68. The predicted molar refractivity (Wildman–Crippen MR) is 46.0 cm³/mol. The van der Waals surface area contributed by atoms with Crippen LogP contribution in [-0.4, -0.2) is 56.8 Å². The highest BCUT2D eigenvalue weighted by atomic mass is 16.4. The molecule has 2 atom stereocenters. The molecule has 0 aliphatic heterocycles. The SMILES string of the molecule is O=C(O)C(=O)CC[C@@H](O)[C@H](O)C(=O)CO. The molecule has 0 unspecified atom stereocenters. The Morgan fingerprint density at radius 2 is 1.67 bits per heavy atom. The van der Waals surface area contributed by atoms with Crippen LogP contribution >= 0.6 is 0 Å². The minimum absolute atomic E-state index is 0.349. The van der Waals surface area contributed by atoms with Crippen LogP contribution < -0.4 is 0 Å². The van der Waals surface area contributed by atoms with Crippen molar-refractivity contribution in [3.63, 3.8) is 0 Å². The normalized spacial score (nSPS) is 14.3. The Bertz CT molecular complexity index is 260. The number of aliphatic hydroxyl groups is 3. The zero-order valence-electron chi connectivity index (χ0n) is 7.79. The van der Waals surface area contributed by atoms with Crippen LogP contribution in [0.15, 0.2) is 0 Å². The molecule has 0 aromatic carbocycles. The number of hydrogen-bond donors (Lipinski definition) is 4. The van der Waals surface area contributed by atoms with E-state index in [0.717, 1.165) is 0 Å². The topological polar surface area (TPSA) is 132 Å². The van der Waals surface area contributed by atoms with Gasteiger partial charge in [0.05, 0.1) is 6.10 Å². The predicted octanol–water partition coefficient (Wildman–Crippen LogP) is -2.30. The lowest BCUT2D eigenvalue weighted by Crippen LogP contribution is -2.36. The summed E-state index contributed by atoms with van der Waals surface area (Å²) in [4.78, 5) is 31.3. The van der Waals surface area contributed by atoms with E-state index in [-0.39, 0.29) is 6.42 Å². The van der Waals surface area contributed by atoms with E-state index < -0.39 is 42.8 Å². The first-order valence-corrected chi connectivity index (χ1v) is 4.16. The van der Waals surface area contributed by atoms with Crippen LogP contribution in [0.25, 0.3) is 0 Å². The number of hydrogen-bond acceptors (Lipinski definition) is 6. The maximum atomic E-state index is 10.7. The molecular weight excluding hydrogens is 208 g/mol. The largest absolute Gasteiger partial charge is 0.476 e. The van der Waals surface area contributed by atoms with E-state index in [0.29, 0.717) is 0 Å². The van der Waals surface area contributed by atoms with E-state index >= 15 is 0 Å². The number of carboxylic acid groups (broad SMARTS) is 1. The Morgan fingerprint density at radius 3 is 2.07 bits per heavy atom. The van der Waals surface area contributed by atoms with E-state index in [1.54, 1.807) is 0 Å². The molecule has 0 bridgehead atoms. The van der Waals surface area contributed by atoms with Gasteiger partial charge >= 0.3 is 5.97 Å². The van der Waals surface area contributed by atoms with Gasteiger partial charge in [0, 0.05) is 6.42 Å². The lowest BCUT2D eigenvalue weighted by Gasteiger charge is -2.14. The van der Waals surface area contributed by atoms with Crippen molar-refractivity contribution in [3.8, 4) is 0 Å². The molecule has 0 aromatic rings. The number of carbonyl (C=O) groups is 3. The molecule has 4 N–H and O–H groups in total. The second kappa shape index (κ2) is 6.23. The van der Waals surface area contributed by atoms with E-state index in [4.69, 9.17) is 20.4 Å². The zero-order chi connectivity index (χ0) is 12.0. The van der Waals surface area contributed by atoms with E-state index in [1.165, 1.54) is 0 Å². The molecule has 0 saturated carbocycles. The summed E-state index contributed by atoms with van der Waals surface area (Å²) >= 11 is 0. The summed E-state index contributed by atoms with van der Waals surface area (Å²) in [5, 5.41) is 34.7. The van der Waals surface area contributed by atoms with Crippen molar-refractivity contribution in [1.29, 1.82) is 0 Å². The molecular formula is C8H12O7. The van der Waals surface area contributed by atoms with Crippen molar-refractivity contribution in [2.45, 2.75) is 25.0 Å². The molecule has 0 fully saturated rings. The van der Waals surface area contributed by atoms with Crippen LogP contribution in [0.1, 0.15) is 12.8 Å². The van der Waals surface area contributed by atoms with Crippen molar-refractivity contribution in [2.24, 2.45) is 0 Å². The average molecular weight is 220 g/mol. The van der Waals surface area contributed by atoms with Crippen LogP contribution in [-0.2, 0) is 14.4 Å². The fraction of sp³-hybridized carbons (Fsp3) is 0.625. The highest BCUT2D eigenvalue weighted by Crippen LogP contribution is 2.04. The standard InChI is InChI=1S/C8H12O7/c9-3-6(12)7(13)4(10)1-2-5(11)8(14)15/h4,7,9-10,13H,1-3H2,(H,14,15)/t4-,7+/m1/s1. The highest BCUT2D eigenvalue weighted by Gasteiger charge is 2.24. The van der Waals surface area contributed by atoms with Crippen molar-refractivity contribution >= 4 is 17.5 Å². The number of rotatable bonds is 7. The summed E-state index contributed by atoms with van der Waals surface area (Å²) in [5.74, 6) is -3.73. The zero-order valence-corrected chi connectivity index (χ0v) is 7.79. The Hall–Kier alpha value is -1.31. The summed E-state index contributed by atoms with van der Waals surface area (Å²) in [7, 11) is 0. The number of carbonyl (C=O) groups excluding carboxylic acids is 2. The Morgan fingerprint density at radius 1 is 1.13 bits per heavy atom. The van der Waals surface area contributed by atoms with Gasteiger partial charge in [-0.1, -0.05) is 0 Å². The molecule has 7 heteroatoms. The van der Waals surface area contributed by atoms with Gasteiger partial charge in [0.1, 0.15) is 12.7 Å². The molecule has 0 amide bonds. The number of Topliss-reactive ketones (excluding diaryl/α,β-unsaturated/α-hetero) is 2. The van der Waals surface area contributed by atoms with Crippen LogP contribution in [0.4, 0.5) is 0 Å². The van der Waals surface area contributed by atoms with Crippen molar-refractivity contribution in [3.05, 3.63) is 0 Å². The molecule has 7 nitrogen and oxygen atoms in total. The fourth-order valence-electron chi connectivity index (χ4n) is 0.852. The Labute approximate surface area is 85.0 Å². The number of aliphatic hydroxyl groups excluding tert-OH is 3. The number of aliphatic carboxylic acids is 1. The van der Waals surface area contributed by atoms with Crippen LogP contribution in [0.5, 0.6) is 0 Å². The minimum Gasteiger partial charge on any atom is -0.476 e. The number of carboxylic acids is 1. The summed E-state index contributed by atoms with van der Waals surface area (Å²) in [5.41, 5.74) is 0. The van der Waals surface area contributed by atoms with Gasteiger partial charge in [-0.15, -0.1) is 0 Å². The summed E-state index contributed by atoms with van der Waals surface area (Å²) in [6.45, 7) is -0.925. The van der Waals surface area contributed by atoms with Crippen molar-refractivity contribution < 1.29 is 34.8 Å². The van der Waals surface area contributed by atoms with Crippen LogP contribution in [0.2, 0.25) is 0 Å². The molecule has 0 aliphatic rings. The van der Waals surface area contributed by atoms with Gasteiger partial charge in [0.15, 0.2) is 5.78 Å². The molecule has 0 radical (unpaired) electrons. The van der Waals surface area contributed by atoms with Crippen LogP contribution in [0, 0.1) is 0 Å². The van der Waals surface area contributed by atoms with Gasteiger partial charge < -0.3 is 20.4 Å². The maximum absolute atomic E-state index is 10.7. The van der Waals surface area contributed by atoms with E-state index in [9.17, 15) is 14.4 Å². The molecule has 86 valence electrons. The summed E-state index contributed by atoms with van der Waals surface area (Å²) in [6.07, 6.45) is -4.17. The summed E-state index contributed by atoms with van der Waals surface area (Å²) < 4.78 is 0. The van der Waals surface area contributed by atoms with Gasteiger partial charge in [0.2, 0.25) is 5.78 Å². The van der Waals surface area contributed by atoms with Gasteiger partial charge in [0.25, 0.3) is 0 Å². The minimum atomic E-state index is -1.79. The van der Waals surface area contributed by atoms with Crippen molar-refractivity contribution in [2.75, 3.05) is 6.61 Å². The molecule has 0 spiro atoms. The lowest BCUT2D eigenvalue weighted by molar-refractivity contribution is -0.149. The third kappa shape index (κ3) is 4.63. The second-order valence-electron chi connectivity index (χ2n) is 2.90. The van der Waals surface area contributed by atoms with Crippen LogP contribution in [0.3, 0.4) is 0 Å². The Balaban J connectivity index is 4.03. The van der Waals surface area contributed by atoms with Gasteiger partial charge in [-0.25, -0.2) is 4.79 Å². The first-order chi connectivity index (χ1) is 6.90. The highest BCUT2D eigenvalue weighted by molar-refractivity contribution is 6.32.